The number of hydrogen-bond donors (Lipinski definition) is 1. The van der Waals surface area contributed by atoms with Crippen molar-refractivity contribution in [2.75, 3.05) is 40.3 Å². The van der Waals surface area contributed by atoms with Gasteiger partial charge >= 0.3 is 0 Å². The molecule has 2 unspecified atom stereocenters. The summed E-state index contributed by atoms with van der Waals surface area (Å²) in [5, 5.41) is 3.57. The van der Waals surface area contributed by atoms with Gasteiger partial charge in [0.15, 0.2) is 5.96 Å². The number of likely N-dealkylation sites (tertiary alicyclic amines) is 1. The Morgan fingerprint density at radius 3 is 2.35 bits per heavy atom. The number of likely N-dealkylation sites (N-methyl/N-ethyl adjacent to an activating group) is 1. The lowest BCUT2D eigenvalue weighted by Crippen LogP contribution is -2.43. The third kappa shape index (κ3) is 3.27. The summed E-state index contributed by atoms with van der Waals surface area (Å²) < 4.78 is 0. The fourth-order valence-corrected chi connectivity index (χ4v) is 3.95. The molecule has 2 aliphatic carbocycles. The first-order valence-electron chi connectivity index (χ1n) is 8.43. The van der Waals surface area contributed by atoms with Crippen LogP contribution in [0, 0.1) is 11.8 Å². The Hall–Kier alpha value is -0.770. The van der Waals surface area contributed by atoms with Crippen molar-refractivity contribution in [3.63, 3.8) is 0 Å². The van der Waals surface area contributed by atoms with Gasteiger partial charge in [-0.05, 0) is 44.6 Å². The van der Waals surface area contributed by atoms with Gasteiger partial charge in [-0.3, -0.25) is 4.99 Å². The standard InChI is InChI=1S/C16H30N4/c1-17-16(18-9-10-19(2)15-7-8-15)20-11-13-5-3-4-6-14(13)12-20/h13-15H,3-12H2,1-2H3,(H,17,18). The van der Waals surface area contributed by atoms with Crippen LogP contribution < -0.4 is 5.32 Å². The summed E-state index contributed by atoms with van der Waals surface area (Å²) in [6.45, 7) is 4.60. The van der Waals surface area contributed by atoms with E-state index in [0.29, 0.717) is 0 Å². The lowest BCUT2D eigenvalue weighted by Gasteiger charge is -2.23. The molecule has 114 valence electrons. The van der Waals surface area contributed by atoms with Gasteiger partial charge in [-0.25, -0.2) is 0 Å². The summed E-state index contributed by atoms with van der Waals surface area (Å²) in [7, 11) is 4.17. The Labute approximate surface area is 123 Å². The van der Waals surface area contributed by atoms with Crippen molar-refractivity contribution in [2.24, 2.45) is 16.8 Å². The monoisotopic (exact) mass is 278 g/mol. The second-order valence-electron chi connectivity index (χ2n) is 6.90. The molecule has 1 N–H and O–H groups in total. The number of fused-ring (bicyclic) bond motifs is 1. The first kappa shape index (κ1) is 14.2. The quantitative estimate of drug-likeness (QED) is 0.628. The summed E-state index contributed by atoms with van der Waals surface area (Å²) in [5.41, 5.74) is 0. The van der Waals surface area contributed by atoms with E-state index in [1.54, 1.807) is 0 Å². The number of aliphatic imine (C=N–C) groups is 1. The van der Waals surface area contributed by atoms with Gasteiger partial charge in [0, 0.05) is 39.3 Å². The van der Waals surface area contributed by atoms with Crippen LogP contribution in [-0.4, -0.2) is 62.1 Å². The maximum Gasteiger partial charge on any atom is 0.193 e. The van der Waals surface area contributed by atoms with E-state index in [2.05, 4.69) is 27.2 Å². The van der Waals surface area contributed by atoms with E-state index >= 15 is 0 Å². The highest BCUT2D eigenvalue weighted by atomic mass is 15.3. The molecule has 0 aromatic carbocycles. The first-order valence-corrected chi connectivity index (χ1v) is 8.43. The second kappa shape index (κ2) is 6.33. The molecule has 0 aromatic rings. The molecule has 1 aliphatic heterocycles. The molecule has 4 nitrogen and oxygen atoms in total. The maximum absolute atomic E-state index is 4.50. The lowest BCUT2D eigenvalue weighted by atomic mass is 9.82. The molecule has 0 bridgehead atoms. The fourth-order valence-electron chi connectivity index (χ4n) is 3.95. The van der Waals surface area contributed by atoms with Crippen LogP contribution in [-0.2, 0) is 0 Å². The molecule has 0 amide bonds. The van der Waals surface area contributed by atoms with Crippen LogP contribution in [0.3, 0.4) is 0 Å². The molecule has 1 saturated heterocycles. The van der Waals surface area contributed by atoms with E-state index < -0.39 is 0 Å². The number of rotatable bonds is 4. The van der Waals surface area contributed by atoms with E-state index in [1.165, 1.54) is 51.6 Å². The van der Waals surface area contributed by atoms with Crippen molar-refractivity contribution < 1.29 is 0 Å². The van der Waals surface area contributed by atoms with Crippen LogP contribution >= 0.6 is 0 Å². The van der Waals surface area contributed by atoms with E-state index in [0.717, 1.165) is 36.9 Å². The van der Waals surface area contributed by atoms with E-state index in [1.807, 2.05) is 7.05 Å². The van der Waals surface area contributed by atoms with Crippen molar-refractivity contribution in [3.8, 4) is 0 Å². The normalized spacial score (nSPS) is 30.8. The van der Waals surface area contributed by atoms with Crippen LogP contribution in [0.5, 0.6) is 0 Å². The van der Waals surface area contributed by atoms with Crippen LogP contribution in [0.4, 0.5) is 0 Å². The van der Waals surface area contributed by atoms with Gasteiger partial charge in [0.05, 0.1) is 0 Å². The smallest absolute Gasteiger partial charge is 0.193 e. The summed E-state index contributed by atoms with van der Waals surface area (Å²) in [4.78, 5) is 9.47. The highest BCUT2D eigenvalue weighted by Gasteiger charge is 2.35. The highest BCUT2D eigenvalue weighted by Crippen LogP contribution is 2.35. The van der Waals surface area contributed by atoms with Crippen LogP contribution in [0.1, 0.15) is 38.5 Å². The third-order valence-corrected chi connectivity index (χ3v) is 5.41. The number of guanidine groups is 1. The molecule has 0 radical (unpaired) electrons. The SMILES string of the molecule is CN=C(NCCN(C)C1CC1)N1CC2CCCCC2C1. The van der Waals surface area contributed by atoms with Crippen LogP contribution in [0.15, 0.2) is 4.99 Å². The van der Waals surface area contributed by atoms with Gasteiger partial charge in [0.25, 0.3) is 0 Å². The predicted molar refractivity (Wildman–Crippen MR) is 84.0 cm³/mol. The Balaban J connectivity index is 1.44. The molecule has 0 aromatic heterocycles. The molecule has 3 rings (SSSR count). The van der Waals surface area contributed by atoms with Gasteiger partial charge in [-0.15, -0.1) is 0 Å². The fraction of sp³-hybridized carbons (Fsp3) is 0.938. The number of nitrogens with one attached hydrogen (secondary N) is 1. The molecule has 20 heavy (non-hydrogen) atoms. The molecule has 2 saturated carbocycles. The molecular formula is C16H30N4. The van der Waals surface area contributed by atoms with Crippen LogP contribution in [0.2, 0.25) is 0 Å². The maximum atomic E-state index is 4.50. The molecule has 0 spiro atoms. The average molecular weight is 278 g/mol. The minimum atomic E-state index is 0.855. The van der Waals surface area contributed by atoms with Gasteiger partial charge in [-0.1, -0.05) is 12.8 Å². The van der Waals surface area contributed by atoms with Crippen molar-refractivity contribution in [1.29, 1.82) is 0 Å². The molecule has 1 heterocycles. The topological polar surface area (TPSA) is 30.9 Å². The van der Waals surface area contributed by atoms with Crippen molar-refractivity contribution in [3.05, 3.63) is 0 Å². The summed E-state index contributed by atoms with van der Waals surface area (Å²) in [6.07, 6.45) is 8.52. The second-order valence-corrected chi connectivity index (χ2v) is 6.90. The first-order chi connectivity index (χ1) is 9.78. The Morgan fingerprint density at radius 1 is 1.15 bits per heavy atom. The largest absolute Gasteiger partial charge is 0.355 e. The molecular weight excluding hydrogens is 248 g/mol. The van der Waals surface area contributed by atoms with E-state index in [-0.39, 0.29) is 0 Å². The molecule has 3 aliphatic rings. The zero-order chi connectivity index (χ0) is 13.9. The highest BCUT2D eigenvalue weighted by molar-refractivity contribution is 5.80. The van der Waals surface area contributed by atoms with Crippen molar-refractivity contribution >= 4 is 5.96 Å². The summed E-state index contributed by atoms with van der Waals surface area (Å²) in [5.74, 6) is 2.98. The minimum absolute atomic E-state index is 0.855. The zero-order valence-electron chi connectivity index (χ0n) is 13.1. The van der Waals surface area contributed by atoms with E-state index in [4.69, 9.17) is 0 Å². The van der Waals surface area contributed by atoms with E-state index in [9.17, 15) is 0 Å². The minimum Gasteiger partial charge on any atom is -0.355 e. The average Bonchev–Trinajstić information content (AvgIpc) is 3.22. The van der Waals surface area contributed by atoms with Crippen LogP contribution in [0.25, 0.3) is 0 Å². The van der Waals surface area contributed by atoms with Gasteiger partial charge in [0.1, 0.15) is 0 Å². The lowest BCUT2D eigenvalue weighted by molar-refractivity contribution is 0.299. The number of nitrogens with zero attached hydrogens (tertiary/aromatic N) is 3. The predicted octanol–water partition coefficient (Wildman–Crippen LogP) is 1.78. The van der Waals surface area contributed by atoms with Gasteiger partial charge in [0.2, 0.25) is 0 Å². The zero-order valence-corrected chi connectivity index (χ0v) is 13.1. The number of hydrogen-bond acceptors (Lipinski definition) is 2. The molecule has 4 heteroatoms. The Morgan fingerprint density at radius 2 is 1.80 bits per heavy atom. The van der Waals surface area contributed by atoms with Crippen molar-refractivity contribution in [1.82, 2.24) is 15.1 Å². The van der Waals surface area contributed by atoms with Gasteiger partial charge < -0.3 is 15.1 Å². The molecule has 3 fully saturated rings. The third-order valence-electron chi connectivity index (χ3n) is 5.41. The summed E-state index contributed by atoms with van der Waals surface area (Å²) in [6, 6.07) is 0.855. The Bertz CT molecular complexity index is 336. The summed E-state index contributed by atoms with van der Waals surface area (Å²) >= 11 is 0. The van der Waals surface area contributed by atoms with Gasteiger partial charge in [-0.2, -0.15) is 0 Å². The molecule has 2 atom stereocenters. The van der Waals surface area contributed by atoms with Crippen molar-refractivity contribution in [2.45, 2.75) is 44.6 Å². The Kier molecular flexibility index (Phi) is 4.49.